The number of fused-ring (bicyclic) bond motifs is 2. The van der Waals surface area contributed by atoms with Crippen LogP contribution in [0.5, 0.6) is 11.5 Å². The number of alkyl halides is 1. The summed E-state index contributed by atoms with van der Waals surface area (Å²) in [6.07, 6.45) is 8.32. The van der Waals surface area contributed by atoms with Crippen LogP contribution in [0.25, 0.3) is 0 Å². The van der Waals surface area contributed by atoms with E-state index in [-0.39, 0.29) is 33.6 Å². The number of halogens is 1. The van der Waals surface area contributed by atoms with E-state index >= 15 is 0 Å². The predicted molar refractivity (Wildman–Crippen MR) is 181 cm³/mol. The monoisotopic (exact) mass is 694 g/mol. The van der Waals surface area contributed by atoms with Crippen molar-refractivity contribution in [3.8, 4) is 11.5 Å². The average molecular weight is 695 g/mol. The first-order valence-corrected chi connectivity index (χ1v) is 18.5. The van der Waals surface area contributed by atoms with Gasteiger partial charge in [-0.15, -0.1) is 23.4 Å². The topological polar surface area (TPSA) is 131 Å². The number of carbonyl (C=O) groups is 2. The van der Waals surface area contributed by atoms with Crippen LogP contribution >= 0.6 is 23.4 Å². The number of β-lactam (4-membered cyclic amide) rings is 1. The van der Waals surface area contributed by atoms with E-state index in [0.29, 0.717) is 24.8 Å². The maximum atomic E-state index is 12.3. The summed E-state index contributed by atoms with van der Waals surface area (Å²) in [5.41, 5.74) is 1.77. The molecule has 0 aromatic heterocycles. The van der Waals surface area contributed by atoms with Crippen molar-refractivity contribution >= 4 is 52.1 Å². The van der Waals surface area contributed by atoms with Gasteiger partial charge in [-0.1, -0.05) is 49.8 Å². The first-order valence-electron chi connectivity index (χ1n) is 15.7. The highest BCUT2D eigenvalue weighted by molar-refractivity contribution is 8.01. The first kappa shape index (κ1) is 36.2. The van der Waals surface area contributed by atoms with Gasteiger partial charge >= 0.3 is 5.97 Å². The Bertz CT molecular complexity index is 1350. The zero-order valence-electron chi connectivity index (χ0n) is 26.6. The lowest BCUT2D eigenvalue weighted by Gasteiger charge is -2.39. The number of carbonyl (C=O) groups excluding carboxylic acids is 2. The van der Waals surface area contributed by atoms with Gasteiger partial charge in [0.1, 0.15) is 23.0 Å². The fraction of sp³-hybridized carbons (Fsp3) is 0.576. The summed E-state index contributed by atoms with van der Waals surface area (Å²) in [5, 5.41) is 10.6. The molecule has 5 atom stereocenters. The molecule has 0 spiro atoms. The number of nitro groups is 1. The number of nitrogens with zero attached hydrogens (tertiary/aromatic N) is 2. The van der Waals surface area contributed by atoms with E-state index < -0.39 is 28.0 Å². The second-order valence-corrected chi connectivity index (χ2v) is 16.1. The highest BCUT2D eigenvalue weighted by atomic mass is 35.5. The van der Waals surface area contributed by atoms with Crippen LogP contribution in [0.4, 0.5) is 5.69 Å². The average Bonchev–Trinajstić information content (AvgIpc) is 3.64. The molecule has 0 saturated carbocycles. The van der Waals surface area contributed by atoms with Gasteiger partial charge in [0.15, 0.2) is 17.4 Å². The molecule has 5 rings (SSSR count). The molecule has 2 unspecified atom stereocenters. The molecule has 2 aromatic rings. The minimum Gasteiger partial charge on any atom is -0.616 e. The van der Waals surface area contributed by atoms with Crippen LogP contribution < -0.4 is 9.47 Å². The Labute approximate surface area is 283 Å². The van der Waals surface area contributed by atoms with Crippen molar-refractivity contribution in [2.45, 2.75) is 87.7 Å². The zero-order valence-corrected chi connectivity index (χ0v) is 29.0. The second-order valence-electron chi connectivity index (χ2n) is 12.1. The number of rotatable bonds is 15. The molecule has 10 nitrogen and oxygen atoms in total. The standard InChI is InChI=1S/C18H28O3S.C15H15ClN2O5S/c1-3-4-5-6-7-8-11-22(19)15(2)12-16-9-10-17-18(13-16)21-14-20-17;1-15(7-16)8-17-12(19)11(13(17)24-15)14(20)23-6-9-2-4-10(5-3-9)18(21)22/h9-10,13,15H,3-8,11-12,14H2,1-2H3;2-5,11,13H,6-8H2,1H3/t;11-,13+,15-/m.0/s1. The van der Waals surface area contributed by atoms with Crippen LogP contribution in [0.15, 0.2) is 42.5 Å². The molecule has 46 heavy (non-hydrogen) atoms. The molecular weight excluding hydrogens is 652 g/mol. The lowest BCUT2D eigenvalue weighted by Crippen LogP contribution is -2.60. The molecule has 0 bridgehead atoms. The van der Waals surface area contributed by atoms with Gasteiger partial charge in [-0.05, 0) is 62.1 Å². The van der Waals surface area contributed by atoms with Crippen molar-refractivity contribution in [3.63, 3.8) is 0 Å². The third-order valence-electron chi connectivity index (χ3n) is 8.22. The van der Waals surface area contributed by atoms with Gasteiger partial charge in [0.2, 0.25) is 12.7 Å². The highest BCUT2D eigenvalue weighted by Crippen LogP contribution is 2.50. The van der Waals surface area contributed by atoms with Crippen molar-refractivity contribution in [2.75, 3.05) is 25.0 Å². The second kappa shape index (κ2) is 16.9. The minimum atomic E-state index is -0.793. The van der Waals surface area contributed by atoms with Gasteiger partial charge in [0.05, 0.1) is 4.92 Å². The molecule has 3 aliphatic rings. The maximum absolute atomic E-state index is 12.3. The van der Waals surface area contributed by atoms with E-state index in [1.807, 2.05) is 25.1 Å². The number of unbranched alkanes of at least 4 members (excludes halogenated alkanes) is 5. The molecule has 3 heterocycles. The predicted octanol–water partition coefficient (Wildman–Crippen LogP) is 6.62. The Balaban J connectivity index is 0.000000210. The summed E-state index contributed by atoms with van der Waals surface area (Å²) < 4.78 is 28.0. The summed E-state index contributed by atoms with van der Waals surface area (Å²) >= 11 is 6.72. The minimum absolute atomic E-state index is 0.0230. The normalized spacial score (nSPS) is 22.3. The highest BCUT2D eigenvalue weighted by Gasteiger charge is 2.60. The lowest BCUT2D eigenvalue weighted by atomic mass is 9.97. The van der Waals surface area contributed by atoms with Crippen LogP contribution in [0.3, 0.4) is 0 Å². The van der Waals surface area contributed by atoms with Gasteiger partial charge in [0, 0.05) is 35.7 Å². The van der Waals surface area contributed by atoms with E-state index in [2.05, 4.69) is 13.8 Å². The van der Waals surface area contributed by atoms with Crippen LogP contribution in [0.1, 0.15) is 70.4 Å². The fourth-order valence-electron chi connectivity index (χ4n) is 5.48. The molecule has 0 radical (unpaired) electrons. The smallest absolute Gasteiger partial charge is 0.321 e. The molecule has 2 aromatic carbocycles. The van der Waals surface area contributed by atoms with Crippen LogP contribution in [0, 0.1) is 16.0 Å². The van der Waals surface area contributed by atoms with Crippen molar-refractivity contribution in [3.05, 3.63) is 63.7 Å². The third-order valence-corrected chi connectivity index (χ3v) is 12.3. The Morgan fingerprint density at radius 3 is 2.50 bits per heavy atom. The van der Waals surface area contributed by atoms with Gasteiger partial charge in [-0.3, -0.25) is 19.7 Å². The number of esters is 1. The van der Waals surface area contributed by atoms with E-state index in [0.717, 1.165) is 30.1 Å². The summed E-state index contributed by atoms with van der Waals surface area (Å²) in [7, 11) is 0. The van der Waals surface area contributed by atoms with Crippen LogP contribution in [-0.2, 0) is 38.5 Å². The molecule has 0 aliphatic carbocycles. The SMILES string of the molecule is CCCCCCCC[S+]([O-])C(C)Cc1ccc2c(c1)OCO2.C[C@]1(CCl)CN2C(=O)[C@H](C(=O)OCc3ccc([N+](=O)[O-])cc3)[C@H]2S1. The first-order chi connectivity index (χ1) is 22.0. The lowest BCUT2D eigenvalue weighted by molar-refractivity contribution is -0.384. The van der Waals surface area contributed by atoms with Crippen molar-refractivity contribution < 1.29 is 33.3 Å². The van der Waals surface area contributed by atoms with Crippen LogP contribution in [0.2, 0.25) is 0 Å². The number of hydrogen-bond donors (Lipinski definition) is 0. The Kier molecular flexibility index (Phi) is 13.3. The van der Waals surface area contributed by atoms with Crippen LogP contribution in [-0.4, -0.2) is 66.6 Å². The number of benzene rings is 2. The Morgan fingerprint density at radius 1 is 1.13 bits per heavy atom. The Hall–Kier alpha value is -2.67. The van der Waals surface area contributed by atoms with E-state index in [1.165, 1.54) is 73.7 Å². The number of ether oxygens (including phenoxy) is 3. The maximum Gasteiger partial charge on any atom is 0.321 e. The molecule has 3 aliphatic heterocycles. The summed E-state index contributed by atoms with van der Waals surface area (Å²) in [6, 6.07) is 11.7. The van der Waals surface area contributed by atoms with E-state index in [9.17, 15) is 24.3 Å². The Morgan fingerprint density at radius 2 is 1.80 bits per heavy atom. The molecule has 0 N–H and O–H groups in total. The van der Waals surface area contributed by atoms with Crippen molar-refractivity contribution in [1.29, 1.82) is 0 Å². The number of amides is 1. The molecule has 2 fully saturated rings. The molecule has 2 saturated heterocycles. The summed E-state index contributed by atoms with van der Waals surface area (Å²) in [4.78, 5) is 36.1. The van der Waals surface area contributed by atoms with E-state index in [1.54, 1.807) is 4.90 Å². The fourth-order valence-corrected chi connectivity index (χ4v) is 8.55. The number of non-ortho nitro benzene ring substituents is 1. The number of thioether (sulfide) groups is 1. The van der Waals surface area contributed by atoms with Gasteiger partial charge < -0.3 is 23.7 Å². The largest absolute Gasteiger partial charge is 0.616 e. The third kappa shape index (κ3) is 9.45. The van der Waals surface area contributed by atoms with E-state index in [4.69, 9.17) is 25.8 Å². The van der Waals surface area contributed by atoms with Gasteiger partial charge in [0.25, 0.3) is 5.69 Å². The molecule has 252 valence electrons. The molecule has 13 heteroatoms. The summed E-state index contributed by atoms with van der Waals surface area (Å²) in [6.45, 7) is 7.10. The summed E-state index contributed by atoms with van der Waals surface area (Å²) in [5.74, 6) is 1.27. The zero-order chi connectivity index (χ0) is 33.3. The van der Waals surface area contributed by atoms with Gasteiger partial charge in [-0.2, -0.15) is 0 Å². The molecular formula is C33H43ClN2O8S2. The van der Waals surface area contributed by atoms with Crippen molar-refractivity contribution in [2.24, 2.45) is 5.92 Å². The van der Waals surface area contributed by atoms with Crippen molar-refractivity contribution in [1.82, 2.24) is 4.90 Å². The molecule has 1 amide bonds. The van der Waals surface area contributed by atoms with Gasteiger partial charge in [-0.25, -0.2) is 0 Å². The quantitative estimate of drug-likeness (QED) is 0.0295. The number of nitro benzene ring substituents is 1. The number of hydrogen-bond acceptors (Lipinski definition) is 9.